The molecule has 0 saturated heterocycles. The molecule has 1 atom stereocenters. The average molecular weight is 320 g/mol. The molecule has 0 spiro atoms. The number of carbonyl (C=O) groups is 2. The molecule has 1 unspecified atom stereocenters. The van der Waals surface area contributed by atoms with Crippen molar-refractivity contribution in [2.24, 2.45) is 0 Å². The second kappa shape index (κ2) is 6.34. The van der Waals surface area contributed by atoms with Gasteiger partial charge < -0.3 is 15.2 Å². The van der Waals surface area contributed by atoms with E-state index in [2.05, 4.69) is 26.0 Å². The van der Waals surface area contributed by atoms with E-state index in [-0.39, 0.29) is 10.9 Å². The predicted molar refractivity (Wildman–Crippen MR) is 64.8 cm³/mol. The quantitative estimate of drug-likeness (QED) is 0.889. The molecular weight excluding hydrogens is 309 g/mol. The Morgan fingerprint density at radius 1 is 1.56 bits per heavy atom. The zero-order chi connectivity index (χ0) is 13.7. The van der Waals surface area contributed by atoms with Crippen LogP contribution in [0.4, 0.5) is 9.18 Å². The maximum absolute atomic E-state index is 13.3. The van der Waals surface area contributed by atoms with Gasteiger partial charge in [0.15, 0.2) is 0 Å². The molecule has 7 heteroatoms. The molecule has 0 aliphatic carbocycles. The first-order chi connectivity index (χ1) is 8.45. The molecule has 1 aromatic carbocycles. The summed E-state index contributed by atoms with van der Waals surface area (Å²) in [6.45, 7) is 0. The first kappa shape index (κ1) is 14.4. The van der Waals surface area contributed by atoms with E-state index in [1.807, 2.05) is 0 Å². The molecule has 0 aromatic heterocycles. The number of carboxylic acid groups (broad SMARTS) is 1. The summed E-state index contributed by atoms with van der Waals surface area (Å²) in [5.41, 5.74) is 0.443. The molecule has 5 nitrogen and oxygen atoms in total. The maximum Gasteiger partial charge on any atom is 0.407 e. The van der Waals surface area contributed by atoms with Crippen LogP contribution < -0.4 is 5.32 Å². The summed E-state index contributed by atoms with van der Waals surface area (Å²) in [5.74, 6) is -1.72. The Labute approximate surface area is 111 Å². The number of benzene rings is 1. The first-order valence-corrected chi connectivity index (χ1v) is 5.75. The minimum atomic E-state index is -1.23. The smallest absolute Gasteiger partial charge is 0.407 e. The fraction of sp³-hybridized carbons (Fsp3) is 0.273. The molecule has 1 aromatic rings. The van der Waals surface area contributed by atoms with Crippen molar-refractivity contribution in [3.05, 3.63) is 34.1 Å². The highest BCUT2D eigenvalue weighted by Gasteiger charge is 2.22. The molecule has 0 saturated carbocycles. The van der Waals surface area contributed by atoms with E-state index in [1.54, 1.807) is 6.07 Å². The minimum Gasteiger partial charge on any atom is -0.480 e. The van der Waals surface area contributed by atoms with Crippen LogP contribution in [0.2, 0.25) is 0 Å². The lowest BCUT2D eigenvalue weighted by molar-refractivity contribution is -0.139. The van der Waals surface area contributed by atoms with Crippen LogP contribution in [0.25, 0.3) is 0 Å². The summed E-state index contributed by atoms with van der Waals surface area (Å²) in [4.78, 5) is 22.0. The van der Waals surface area contributed by atoms with E-state index >= 15 is 0 Å². The molecular formula is C11H11BrFNO4. The number of aliphatic carboxylic acids is 1. The van der Waals surface area contributed by atoms with Crippen molar-refractivity contribution in [2.75, 3.05) is 7.11 Å². The van der Waals surface area contributed by atoms with E-state index in [4.69, 9.17) is 5.11 Å². The van der Waals surface area contributed by atoms with E-state index in [1.165, 1.54) is 12.1 Å². The lowest BCUT2D eigenvalue weighted by Gasteiger charge is -2.14. The molecule has 0 aliphatic heterocycles. The Hall–Kier alpha value is -1.63. The number of carbonyl (C=O) groups excluding carboxylic acids is 1. The minimum absolute atomic E-state index is 0.0528. The highest BCUT2D eigenvalue weighted by atomic mass is 79.9. The van der Waals surface area contributed by atoms with Crippen LogP contribution in [0.1, 0.15) is 5.56 Å². The average Bonchev–Trinajstić information content (AvgIpc) is 2.33. The third-order valence-corrected chi connectivity index (χ3v) is 3.12. The first-order valence-electron chi connectivity index (χ1n) is 4.96. The maximum atomic E-state index is 13.3. The summed E-state index contributed by atoms with van der Waals surface area (Å²) in [7, 11) is 1.13. The van der Waals surface area contributed by atoms with Gasteiger partial charge in [0, 0.05) is 6.42 Å². The molecule has 0 radical (unpaired) electrons. The third-order valence-electron chi connectivity index (χ3n) is 2.23. The van der Waals surface area contributed by atoms with Gasteiger partial charge in [-0.2, -0.15) is 0 Å². The fourth-order valence-corrected chi connectivity index (χ4v) is 1.75. The van der Waals surface area contributed by atoms with Crippen LogP contribution in [-0.2, 0) is 16.0 Å². The normalized spacial score (nSPS) is 11.7. The standard InChI is InChI=1S/C11H11BrFNO4/c1-18-11(17)14-8(10(15)16)5-6-3-2-4-7(13)9(6)12/h2-4,8H,5H2,1H3,(H,14,17)(H,15,16). The second-order valence-corrected chi connectivity index (χ2v) is 4.24. The van der Waals surface area contributed by atoms with E-state index in [9.17, 15) is 14.0 Å². The number of hydrogen-bond acceptors (Lipinski definition) is 3. The molecule has 0 fully saturated rings. The lowest BCUT2D eigenvalue weighted by atomic mass is 10.1. The summed E-state index contributed by atoms with van der Waals surface area (Å²) in [6, 6.07) is 3.10. The number of alkyl carbamates (subject to hydrolysis) is 1. The van der Waals surface area contributed by atoms with Gasteiger partial charge >= 0.3 is 12.1 Å². The number of amides is 1. The molecule has 0 bridgehead atoms. The van der Waals surface area contributed by atoms with Gasteiger partial charge in [0.25, 0.3) is 0 Å². The van der Waals surface area contributed by atoms with Crippen LogP contribution in [0.15, 0.2) is 22.7 Å². The topological polar surface area (TPSA) is 75.6 Å². The Kier molecular flexibility index (Phi) is 5.08. The van der Waals surface area contributed by atoms with Gasteiger partial charge in [0.1, 0.15) is 11.9 Å². The number of rotatable bonds is 4. The predicted octanol–water partition coefficient (Wildman–Crippen LogP) is 1.94. The number of nitrogens with one attached hydrogen (secondary N) is 1. The number of methoxy groups -OCH3 is 1. The summed E-state index contributed by atoms with van der Waals surface area (Å²) >= 11 is 3.03. The molecule has 0 heterocycles. The Bertz CT molecular complexity index is 466. The van der Waals surface area contributed by atoms with E-state index < -0.39 is 23.9 Å². The van der Waals surface area contributed by atoms with Crippen molar-refractivity contribution >= 4 is 28.0 Å². The van der Waals surface area contributed by atoms with Crippen LogP contribution in [-0.4, -0.2) is 30.3 Å². The van der Waals surface area contributed by atoms with Crippen LogP contribution in [0, 0.1) is 5.82 Å². The van der Waals surface area contributed by atoms with Crippen molar-refractivity contribution in [1.82, 2.24) is 5.32 Å². The summed E-state index contributed by atoms with van der Waals surface area (Å²) < 4.78 is 17.8. The fourth-order valence-electron chi connectivity index (χ4n) is 1.33. The number of hydrogen-bond donors (Lipinski definition) is 2. The highest BCUT2D eigenvalue weighted by molar-refractivity contribution is 9.10. The third kappa shape index (κ3) is 3.69. The summed E-state index contributed by atoms with van der Waals surface area (Å²) in [6.07, 6.45) is -0.905. The zero-order valence-corrected chi connectivity index (χ0v) is 11.0. The SMILES string of the molecule is COC(=O)NC(Cc1cccc(F)c1Br)C(=O)O. The van der Waals surface area contributed by atoms with Crippen molar-refractivity contribution in [2.45, 2.75) is 12.5 Å². The molecule has 1 rings (SSSR count). The van der Waals surface area contributed by atoms with Gasteiger partial charge in [0.2, 0.25) is 0 Å². The highest BCUT2D eigenvalue weighted by Crippen LogP contribution is 2.21. The Morgan fingerprint density at radius 3 is 2.78 bits per heavy atom. The number of ether oxygens (including phenoxy) is 1. The van der Waals surface area contributed by atoms with Gasteiger partial charge in [-0.1, -0.05) is 12.1 Å². The van der Waals surface area contributed by atoms with Crippen molar-refractivity contribution in [3.8, 4) is 0 Å². The van der Waals surface area contributed by atoms with Crippen LogP contribution >= 0.6 is 15.9 Å². The zero-order valence-electron chi connectivity index (χ0n) is 9.44. The Balaban J connectivity index is 2.87. The lowest BCUT2D eigenvalue weighted by Crippen LogP contribution is -2.42. The molecule has 18 heavy (non-hydrogen) atoms. The summed E-state index contributed by atoms with van der Waals surface area (Å²) in [5, 5.41) is 11.1. The largest absolute Gasteiger partial charge is 0.480 e. The Morgan fingerprint density at radius 2 is 2.22 bits per heavy atom. The molecule has 98 valence electrons. The van der Waals surface area contributed by atoms with Crippen molar-refractivity contribution < 1.29 is 23.8 Å². The second-order valence-electron chi connectivity index (χ2n) is 3.44. The van der Waals surface area contributed by atoms with Gasteiger partial charge in [-0.05, 0) is 27.6 Å². The van der Waals surface area contributed by atoms with Gasteiger partial charge in [0.05, 0.1) is 11.6 Å². The van der Waals surface area contributed by atoms with Crippen LogP contribution in [0.5, 0.6) is 0 Å². The van der Waals surface area contributed by atoms with Gasteiger partial charge in [-0.15, -0.1) is 0 Å². The number of carboxylic acids is 1. The van der Waals surface area contributed by atoms with Gasteiger partial charge in [-0.25, -0.2) is 14.0 Å². The van der Waals surface area contributed by atoms with Crippen molar-refractivity contribution in [1.29, 1.82) is 0 Å². The van der Waals surface area contributed by atoms with E-state index in [0.29, 0.717) is 5.56 Å². The molecule has 2 N–H and O–H groups in total. The van der Waals surface area contributed by atoms with Gasteiger partial charge in [-0.3, -0.25) is 0 Å². The molecule has 0 aliphatic rings. The molecule has 1 amide bonds. The number of halogens is 2. The monoisotopic (exact) mass is 319 g/mol. The van der Waals surface area contributed by atoms with Crippen molar-refractivity contribution in [3.63, 3.8) is 0 Å². The van der Waals surface area contributed by atoms with Crippen LogP contribution in [0.3, 0.4) is 0 Å². The van der Waals surface area contributed by atoms with E-state index in [0.717, 1.165) is 7.11 Å².